The Labute approximate surface area is 302 Å². The molecule has 0 atom stereocenters. The van der Waals surface area contributed by atoms with Crippen molar-refractivity contribution in [2.45, 2.75) is 19.3 Å². The molecule has 0 N–H and O–H groups in total. The van der Waals surface area contributed by atoms with Crippen molar-refractivity contribution >= 4 is 21.8 Å². The van der Waals surface area contributed by atoms with Crippen LogP contribution in [0.1, 0.15) is 25.0 Å². The summed E-state index contributed by atoms with van der Waals surface area (Å²) in [5.41, 5.74) is 14.0. The molecule has 246 valence electrons. The third-order valence-electron chi connectivity index (χ3n) is 10.7. The summed E-state index contributed by atoms with van der Waals surface area (Å²) < 4.78 is 2.46. The Kier molecular flexibility index (Phi) is 6.80. The van der Waals surface area contributed by atoms with E-state index in [0.29, 0.717) is 17.5 Å². The number of benzene rings is 7. The quantitative estimate of drug-likeness (QED) is 0.184. The van der Waals surface area contributed by atoms with Crippen LogP contribution in [0.4, 0.5) is 0 Å². The van der Waals surface area contributed by atoms with E-state index in [1.54, 1.807) is 0 Å². The van der Waals surface area contributed by atoms with E-state index in [1.165, 1.54) is 44.1 Å². The SMILES string of the molecule is CC1(C)c2ccccc2-c2cc3c4ccccc4n(-c4ccccc4-c4ccc(-c5nc(-c6ccccc6)nc(-c6ccccc6)n5)cc4)c3cc21. The smallest absolute Gasteiger partial charge is 0.164 e. The zero-order chi connectivity index (χ0) is 34.8. The van der Waals surface area contributed by atoms with E-state index in [9.17, 15) is 0 Å². The van der Waals surface area contributed by atoms with E-state index in [1.807, 2.05) is 60.7 Å². The summed E-state index contributed by atoms with van der Waals surface area (Å²) in [6.07, 6.45) is 0. The molecular formula is C48H34N4. The van der Waals surface area contributed by atoms with Crippen molar-refractivity contribution in [1.29, 1.82) is 0 Å². The molecule has 1 aliphatic carbocycles. The molecule has 1 aliphatic rings. The molecule has 7 aromatic carbocycles. The maximum Gasteiger partial charge on any atom is 0.164 e. The number of aromatic nitrogens is 4. The molecule has 0 bridgehead atoms. The van der Waals surface area contributed by atoms with Crippen molar-refractivity contribution in [3.8, 4) is 62.1 Å². The highest BCUT2D eigenvalue weighted by Gasteiger charge is 2.36. The van der Waals surface area contributed by atoms with Gasteiger partial charge in [0.1, 0.15) is 0 Å². The van der Waals surface area contributed by atoms with Crippen molar-refractivity contribution in [2.75, 3.05) is 0 Å². The predicted octanol–water partition coefficient (Wildman–Crippen LogP) is 11.9. The predicted molar refractivity (Wildman–Crippen MR) is 213 cm³/mol. The van der Waals surface area contributed by atoms with Crippen LogP contribution in [0.2, 0.25) is 0 Å². The molecule has 52 heavy (non-hydrogen) atoms. The maximum absolute atomic E-state index is 4.96. The molecule has 4 nitrogen and oxygen atoms in total. The van der Waals surface area contributed by atoms with E-state index < -0.39 is 0 Å². The molecule has 2 heterocycles. The van der Waals surface area contributed by atoms with Crippen LogP contribution in [0.3, 0.4) is 0 Å². The molecule has 9 aromatic rings. The van der Waals surface area contributed by atoms with Crippen molar-refractivity contribution < 1.29 is 0 Å². The third-order valence-corrected chi connectivity index (χ3v) is 10.7. The van der Waals surface area contributed by atoms with Crippen molar-refractivity contribution in [1.82, 2.24) is 19.5 Å². The minimum Gasteiger partial charge on any atom is -0.309 e. The largest absolute Gasteiger partial charge is 0.309 e. The molecule has 10 rings (SSSR count). The lowest BCUT2D eigenvalue weighted by Crippen LogP contribution is -2.15. The summed E-state index contributed by atoms with van der Waals surface area (Å²) in [7, 11) is 0. The van der Waals surface area contributed by atoms with E-state index in [4.69, 9.17) is 15.0 Å². The Morgan fingerprint density at radius 2 is 0.904 bits per heavy atom. The van der Waals surface area contributed by atoms with Crippen LogP contribution in [0, 0.1) is 0 Å². The molecule has 0 saturated heterocycles. The van der Waals surface area contributed by atoms with Gasteiger partial charge in [0.15, 0.2) is 17.5 Å². The fourth-order valence-electron chi connectivity index (χ4n) is 8.07. The van der Waals surface area contributed by atoms with Crippen LogP contribution >= 0.6 is 0 Å². The zero-order valence-electron chi connectivity index (χ0n) is 29.0. The first-order valence-electron chi connectivity index (χ1n) is 17.8. The number of para-hydroxylation sites is 2. The highest BCUT2D eigenvalue weighted by Crippen LogP contribution is 2.51. The van der Waals surface area contributed by atoms with E-state index in [-0.39, 0.29) is 5.41 Å². The van der Waals surface area contributed by atoms with Gasteiger partial charge in [-0.2, -0.15) is 0 Å². The Morgan fingerprint density at radius 3 is 1.58 bits per heavy atom. The van der Waals surface area contributed by atoms with Crippen molar-refractivity contribution in [3.05, 3.63) is 181 Å². The molecule has 4 heteroatoms. The molecule has 2 aromatic heterocycles. The highest BCUT2D eigenvalue weighted by atomic mass is 15.0. The summed E-state index contributed by atoms with van der Waals surface area (Å²) >= 11 is 0. The molecule has 0 unspecified atom stereocenters. The number of hydrogen-bond acceptors (Lipinski definition) is 3. The lowest BCUT2D eigenvalue weighted by Gasteiger charge is -2.22. The first kappa shape index (κ1) is 30.2. The molecule has 0 radical (unpaired) electrons. The van der Waals surface area contributed by atoms with Gasteiger partial charge in [0.05, 0.1) is 16.7 Å². The first-order valence-corrected chi connectivity index (χ1v) is 17.8. The lowest BCUT2D eigenvalue weighted by molar-refractivity contribution is 0.661. The minimum atomic E-state index is -0.0907. The fraction of sp³-hybridized carbons (Fsp3) is 0.0625. The van der Waals surface area contributed by atoms with Gasteiger partial charge in [-0.05, 0) is 52.1 Å². The fourth-order valence-corrected chi connectivity index (χ4v) is 8.07. The number of nitrogens with zero attached hydrogens (tertiary/aromatic N) is 4. The van der Waals surface area contributed by atoms with Gasteiger partial charge in [0, 0.05) is 38.4 Å². The lowest BCUT2D eigenvalue weighted by atomic mass is 9.82. The second-order valence-electron chi connectivity index (χ2n) is 14.1. The van der Waals surface area contributed by atoms with Gasteiger partial charge >= 0.3 is 0 Å². The van der Waals surface area contributed by atoms with Crippen LogP contribution < -0.4 is 0 Å². The Hall–Kier alpha value is -6.65. The van der Waals surface area contributed by atoms with Gasteiger partial charge in [-0.1, -0.05) is 159 Å². The van der Waals surface area contributed by atoms with E-state index in [2.05, 4.69) is 128 Å². The van der Waals surface area contributed by atoms with Crippen LogP contribution in [0.15, 0.2) is 170 Å². The average molecular weight is 667 g/mol. The Balaban J connectivity index is 1.11. The molecule has 0 aliphatic heterocycles. The summed E-state index contributed by atoms with van der Waals surface area (Å²) in [6, 6.07) is 60.1. The van der Waals surface area contributed by atoms with Crippen molar-refractivity contribution in [2.24, 2.45) is 0 Å². The van der Waals surface area contributed by atoms with E-state index >= 15 is 0 Å². The summed E-state index contributed by atoms with van der Waals surface area (Å²) in [5.74, 6) is 1.96. The third kappa shape index (κ3) is 4.72. The minimum absolute atomic E-state index is 0.0907. The summed E-state index contributed by atoms with van der Waals surface area (Å²) in [4.78, 5) is 14.8. The standard InChI is InChI=1S/C48H34N4/c1-48(2)40-22-12-9-20-36(40)38-29-39-37-21-11-14-24-43(37)52(44(39)30-41(38)48)42-23-13-10-19-35(42)31-25-27-34(28-26-31)47-50-45(32-15-5-3-6-16-32)49-46(51-47)33-17-7-4-8-18-33/h3-30H,1-2H3. The van der Waals surface area contributed by atoms with E-state index in [0.717, 1.165) is 33.5 Å². The second kappa shape index (κ2) is 11.7. The first-order chi connectivity index (χ1) is 25.5. The normalized spacial score (nSPS) is 13.0. The average Bonchev–Trinajstić information content (AvgIpc) is 3.65. The molecular weight excluding hydrogens is 633 g/mol. The summed E-state index contributed by atoms with van der Waals surface area (Å²) in [5, 5.41) is 2.52. The monoisotopic (exact) mass is 666 g/mol. The molecule has 0 spiro atoms. The van der Waals surface area contributed by atoms with Crippen LogP contribution in [0.5, 0.6) is 0 Å². The van der Waals surface area contributed by atoms with Gasteiger partial charge in [0.2, 0.25) is 0 Å². The van der Waals surface area contributed by atoms with Gasteiger partial charge in [0.25, 0.3) is 0 Å². The second-order valence-corrected chi connectivity index (χ2v) is 14.1. The van der Waals surface area contributed by atoms with Gasteiger partial charge in [-0.3, -0.25) is 0 Å². The maximum atomic E-state index is 4.96. The van der Waals surface area contributed by atoms with Gasteiger partial charge < -0.3 is 4.57 Å². The van der Waals surface area contributed by atoms with Crippen LogP contribution in [0.25, 0.3) is 83.9 Å². The van der Waals surface area contributed by atoms with Crippen molar-refractivity contribution in [3.63, 3.8) is 0 Å². The molecule has 0 fully saturated rings. The zero-order valence-corrected chi connectivity index (χ0v) is 29.0. The Bertz CT molecular complexity index is 2740. The molecule has 0 saturated carbocycles. The van der Waals surface area contributed by atoms with Gasteiger partial charge in [-0.25, -0.2) is 15.0 Å². The van der Waals surface area contributed by atoms with Crippen LogP contribution in [-0.4, -0.2) is 19.5 Å². The van der Waals surface area contributed by atoms with Gasteiger partial charge in [-0.15, -0.1) is 0 Å². The topological polar surface area (TPSA) is 43.6 Å². The molecule has 0 amide bonds. The van der Waals surface area contributed by atoms with Crippen LogP contribution in [-0.2, 0) is 5.41 Å². The highest BCUT2D eigenvalue weighted by molar-refractivity contribution is 6.12. The number of hydrogen-bond donors (Lipinski definition) is 0. The number of rotatable bonds is 5. The number of fused-ring (bicyclic) bond motifs is 6. The summed E-state index contributed by atoms with van der Waals surface area (Å²) in [6.45, 7) is 4.70. The Morgan fingerprint density at radius 1 is 0.385 bits per heavy atom.